The molecule has 8 aliphatic rings. The molecule has 4 saturated carbocycles. The minimum atomic E-state index is -4.10. The Morgan fingerprint density at radius 1 is 0.487 bits per heavy atom. The number of carboxylic acids is 1. The summed E-state index contributed by atoms with van der Waals surface area (Å²) < 4.78 is 74.6. The van der Waals surface area contributed by atoms with Crippen LogP contribution >= 0.6 is 22.7 Å². The van der Waals surface area contributed by atoms with Crippen LogP contribution in [0.2, 0.25) is 0 Å². The van der Waals surface area contributed by atoms with Gasteiger partial charge in [-0.25, -0.2) is 51.5 Å². The number of sulfonamides is 2. The zero-order valence-electron chi connectivity index (χ0n) is 66.1. The normalized spacial score (nSPS) is 25.7. The molecule has 31 heteroatoms. The van der Waals surface area contributed by atoms with Gasteiger partial charge in [-0.05, 0) is 173 Å². The molecule has 628 valence electrons. The van der Waals surface area contributed by atoms with Gasteiger partial charge in [0.15, 0.2) is 11.6 Å². The van der Waals surface area contributed by atoms with Gasteiger partial charge in [0.1, 0.15) is 47.9 Å². The molecule has 4 aromatic carbocycles. The summed E-state index contributed by atoms with van der Waals surface area (Å²) in [7, 11) is -7.47. The number of nitrogens with one attached hydrogen (secondary N) is 3. The summed E-state index contributed by atoms with van der Waals surface area (Å²) in [5.41, 5.74) is 2.53. The number of ketones is 2. The van der Waals surface area contributed by atoms with Gasteiger partial charge in [-0.1, -0.05) is 147 Å². The standard InChI is InChI=1S/C44H49N5O8S2.C37H42N4O7S.C7H9NO2S/c50-37-26-44(42(52)48-59(54,55)28-29-14-5-4-6-15-29)25-30(44)16-7-2-1-3-8-21-35(47-43(53)57-31-17-9-10-18-31)41(51)49-27-32(24-36(37)49)56-40-39(38-22-13-23-58-38)45-33-19-11-12-20-34(33)46-40;42-30-21-37(35(44)45)20-23(37)11-4-2-1-3-5-16-28(40-36(46)48-24-12-6-7-13-24)34(43)41-22-25(19-29(30)41)47-33-32(31-17-10-18-49-31)38-26-14-8-9-15-27(26)39-33;8-11(9,10)6-7-4-2-1-3-5-7/h4-7,11-16,19-20,22-23,30-32,35-36H,1-3,8-10,17-18,21,24-28H2,(H,47,53)(H,48,52);4,8-11,14-15,17-18,23-25,28-29H,1-3,5-7,12-13,16,19-22H2,(H,40,46)(H,44,45);1-5H,6H2,(H2,8,9,10)/b16-7-;11-4-;/t30?,32-,35+,36+,44-;23?,25-,28+,29+,37-;/m11./s1. The molecule has 119 heavy (non-hydrogen) atoms. The van der Waals surface area contributed by atoms with E-state index in [1.54, 1.807) is 54.6 Å². The topological polar surface area (TPSA) is 382 Å². The predicted molar refractivity (Wildman–Crippen MR) is 449 cm³/mol. The van der Waals surface area contributed by atoms with Crippen molar-refractivity contribution >= 4 is 112 Å². The maximum atomic E-state index is 14.7. The molecule has 27 nitrogen and oxygen atoms in total. The average molecular weight is 1700 g/mol. The third-order valence-corrected chi connectivity index (χ3v) is 27.3. The van der Waals surface area contributed by atoms with Crippen molar-refractivity contribution in [2.45, 2.75) is 214 Å². The van der Waals surface area contributed by atoms with E-state index in [0.29, 0.717) is 83.4 Å². The lowest BCUT2D eigenvalue weighted by atomic mass is 9.91. The van der Waals surface area contributed by atoms with Gasteiger partial charge in [0.2, 0.25) is 49.5 Å². The summed E-state index contributed by atoms with van der Waals surface area (Å²) in [5, 5.41) is 24.6. The fourth-order valence-corrected chi connectivity index (χ4v) is 20.4. The first-order valence-corrected chi connectivity index (χ1v) is 46.3. The fraction of sp³-hybridized carbons (Fsp3) is 0.455. The first-order valence-electron chi connectivity index (χ1n) is 41.2. The molecule has 2 saturated heterocycles. The molecule has 6 N–H and O–H groups in total. The van der Waals surface area contributed by atoms with E-state index in [2.05, 4.69) is 15.4 Å². The van der Waals surface area contributed by atoms with Crippen LogP contribution in [0.25, 0.3) is 43.2 Å². The van der Waals surface area contributed by atoms with Crippen molar-refractivity contribution in [2.24, 2.45) is 27.8 Å². The van der Waals surface area contributed by atoms with E-state index in [1.165, 1.54) is 32.5 Å². The zero-order valence-corrected chi connectivity index (χ0v) is 69.4. The van der Waals surface area contributed by atoms with Crippen LogP contribution in [0.4, 0.5) is 9.59 Å². The zero-order chi connectivity index (χ0) is 83.3. The molecule has 0 spiro atoms. The van der Waals surface area contributed by atoms with Crippen LogP contribution in [0.1, 0.15) is 165 Å². The van der Waals surface area contributed by atoms with Crippen molar-refractivity contribution in [3.63, 3.8) is 0 Å². The number of amides is 5. The number of hydrogen-bond donors (Lipinski definition) is 5. The quantitative estimate of drug-likeness (QED) is 0.0529. The summed E-state index contributed by atoms with van der Waals surface area (Å²) in [6.07, 6.45) is 19.3. The Bertz CT molecular complexity index is 5260. The van der Waals surface area contributed by atoms with Crippen LogP contribution in [0, 0.1) is 22.7 Å². The third-order valence-electron chi connectivity index (χ3n) is 23.6. The largest absolute Gasteiger partial charge is 0.481 e. The van der Waals surface area contributed by atoms with Gasteiger partial charge in [-0.2, -0.15) is 0 Å². The number of fused-ring (bicyclic) bond motifs is 6. The maximum Gasteiger partial charge on any atom is 0.408 e. The molecule has 4 aromatic heterocycles. The average Bonchev–Trinajstić information content (AvgIpc) is 1.58. The number of aromatic nitrogens is 4. The van der Waals surface area contributed by atoms with E-state index in [1.807, 2.05) is 114 Å². The summed E-state index contributed by atoms with van der Waals surface area (Å²) in [6, 6.07) is 36.3. The van der Waals surface area contributed by atoms with Gasteiger partial charge in [-0.3, -0.25) is 33.5 Å². The lowest BCUT2D eigenvalue weighted by Gasteiger charge is -2.29. The molecule has 4 aliphatic carbocycles. The highest BCUT2D eigenvalue weighted by atomic mass is 32.2. The number of carbonyl (C=O) groups is 8. The van der Waals surface area contributed by atoms with E-state index in [4.69, 9.17) is 44.0 Å². The van der Waals surface area contributed by atoms with E-state index < -0.39 is 103 Å². The monoisotopic (exact) mass is 1700 g/mol. The van der Waals surface area contributed by atoms with Gasteiger partial charge in [0.05, 0.1) is 79.3 Å². The van der Waals surface area contributed by atoms with Gasteiger partial charge in [0.25, 0.3) is 0 Å². The van der Waals surface area contributed by atoms with E-state index >= 15 is 0 Å². The smallest absolute Gasteiger partial charge is 0.408 e. The number of primary sulfonamides is 1. The third kappa shape index (κ3) is 21.8. The number of ether oxygens (including phenoxy) is 4. The fourth-order valence-electron chi connectivity index (χ4n) is 17.1. The van der Waals surface area contributed by atoms with Crippen molar-refractivity contribution in [3.05, 3.63) is 180 Å². The molecule has 2 unspecified atom stereocenters. The SMILES string of the molecule is NS(=O)(=O)Cc1ccccc1.O=C(N[C@H]1CCCCC/C=C\C2C[C@@]2(C(=O)NS(=O)(=O)Cc2ccccc2)CC(=O)[C@@H]2C[C@@H](Oc3nc4ccccc4nc3-c3cccs3)CN2C1=O)OC1CCCC1.O=C(N[C@H]1CCCCC/C=C\C2C[C@@]2(C(=O)O)CC(=O)[C@@H]2C[C@@H](Oc3nc4ccccc4nc3-c3cccs3)CN2C1=O)OC1CCCC1. The summed E-state index contributed by atoms with van der Waals surface area (Å²) >= 11 is 2.99. The van der Waals surface area contributed by atoms with Crippen molar-refractivity contribution in [1.82, 2.24) is 45.1 Å². The number of thiophene rings is 2. The molecule has 5 amide bonds. The highest BCUT2D eigenvalue weighted by Crippen LogP contribution is 2.58. The van der Waals surface area contributed by atoms with Crippen molar-refractivity contribution in [1.29, 1.82) is 0 Å². The Morgan fingerprint density at radius 2 is 0.891 bits per heavy atom. The predicted octanol–water partition coefficient (Wildman–Crippen LogP) is 13.7. The van der Waals surface area contributed by atoms with Crippen LogP contribution in [0.3, 0.4) is 0 Å². The number of alkyl carbamates (subject to hydrolysis) is 2. The number of allylic oxidation sites excluding steroid dienone is 4. The molecule has 10 atom stereocenters. The van der Waals surface area contributed by atoms with Gasteiger partial charge >= 0.3 is 18.2 Å². The second-order valence-corrected chi connectivity index (χ2v) is 37.5. The molecule has 8 aromatic rings. The number of carboxylic acid groups (broad SMARTS) is 1. The van der Waals surface area contributed by atoms with Gasteiger partial charge < -0.3 is 44.5 Å². The molecular weight excluding hydrogens is 1600 g/mol. The number of nitrogens with zero attached hydrogens (tertiary/aromatic N) is 6. The minimum Gasteiger partial charge on any atom is -0.481 e. The van der Waals surface area contributed by atoms with Crippen LogP contribution in [-0.2, 0) is 69.8 Å². The number of para-hydroxylation sites is 4. The summed E-state index contributed by atoms with van der Waals surface area (Å²) in [4.78, 5) is 135. The molecule has 8 heterocycles. The minimum absolute atomic E-state index is 0.0114. The second-order valence-electron chi connectivity index (χ2n) is 32.3. The molecule has 16 rings (SSSR count). The number of aliphatic carboxylic acids is 1. The highest BCUT2D eigenvalue weighted by molar-refractivity contribution is 7.89. The molecular formula is C88H100N10O17S4. The first-order chi connectivity index (χ1) is 57.4. The molecule has 0 bridgehead atoms. The summed E-state index contributed by atoms with van der Waals surface area (Å²) in [6.45, 7) is 0.0876. The Balaban J connectivity index is 0.000000175. The van der Waals surface area contributed by atoms with Crippen LogP contribution in [-0.4, -0.2) is 161 Å². The van der Waals surface area contributed by atoms with E-state index in [9.17, 15) is 60.3 Å². The number of hydrogen-bond acceptors (Lipinski definition) is 22. The van der Waals surface area contributed by atoms with Crippen molar-refractivity contribution < 1.29 is 79.2 Å². The first kappa shape index (κ1) is 85.1. The number of carbonyl (C=O) groups excluding carboxylic acids is 7. The summed E-state index contributed by atoms with van der Waals surface area (Å²) in [5.74, 6) is -3.76. The van der Waals surface area contributed by atoms with Crippen LogP contribution in [0.5, 0.6) is 11.8 Å². The molecule has 6 fully saturated rings. The maximum absolute atomic E-state index is 14.7. The Morgan fingerprint density at radius 3 is 1.32 bits per heavy atom. The molecule has 0 radical (unpaired) electrons. The van der Waals surface area contributed by atoms with Gasteiger partial charge in [0, 0.05) is 25.7 Å². The van der Waals surface area contributed by atoms with Gasteiger partial charge in [-0.15, -0.1) is 22.7 Å². The second kappa shape index (κ2) is 38.4. The molecule has 4 aliphatic heterocycles. The van der Waals surface area contributed by atoms with Crippen LogP contribution < -0.4 is 30.0 Å². The van der Waals surface area contributed by atoms with Crippen molar-refractivity contribution in [2.75, 3.05) is 13.1 Å². The number of rotatable bonds is 17. The lowest BCUT2D eigenvalue weighted by molar-refractivity contribution is -0.147. The number of Topliss-reactive ketones (excluding diaryl/α,β-unsaturated/α-hetero) is 2. The number of nitrogens with two attached hydrogens (primary N) is 1. The Hall–Kier alpha value is -10.3. The van der Waals surface area contributed by atoms with E-state index in [-0.39, 0.29) is 98.3 Å². The Kier molecular flexibility index (Phi) is 27.4. The van der Waals surface area contributed by atoms with Crippen molar-refractivity contribution in [3.8, 4) is 32.9 Å². The van der Waals surface area contributed by atoms with E-state index in [0.717, 1.165) is 98.8 Å². The Labute approximate surface area is 699 Å². The lowest BCUT2D eigenvalue weighted by Crippen LogP contribution is -2.52. The van der Waals surface area contributed by atoms with Crippen LogP contribution in [0.15, 0.2) is 169 Å². The number of benzene rings is 4. The highest BCUT2D eigenvalue weighted by Gasteiger charge is 2.63.